The standard InChI is InChI=1S/C16H29NO3/c1-2-19-16(18)13-6-5-7-14(12-13)17-10-9-15-8-3-4-11-20-15/h13-15,17H,2-12H2,1H3. The van der Waals surface area contributed by atoms with Crippen LogP contribution in [0.15, 0.2) is 0 Å². The largest absolute Gasteiger partial charge is 0.466 e. The number of hydrogen-bond donors (Lipinski definition) is 1. The Labute approximate surface area is 122 Å². The highest BCUT2D eigenvalue weighted by molar-refractivity contribution is 5.72. The van der Waals surface area contributed by atoms with Gasteiger partial charge in [0.15, 0.2) is 0 Å². The minimum atomic E-state index is -0.00499. The topological polar surface area (TPSA) is 47.6 Å². The summed E-state index contributed by atoms with van der Waals surface area (Å²) >= 11 is 0. The van der Waals surface area contributed by atoms with Crippen LogP contribution in [0.2, 0.25) is 0 Å². The van der Waals surface area contributed by atoms with E-state index in [1.165, 1.54) is 25.7 Å². The molecule has 3 unspecified atom stereocenters. The van der Waals surface area contributed by atoms with Crippen molar-refractivity contribution in [1.82, 2.24) is 5.32 Å². The van der Waals surface area contributed by atoms with E-state index in [-0.39, 0.29) is 11.9 Å². The van der Waals surface area contributed by atoms with Gasteiger partial charge < -0.3 is 14.8 Å². The molecule has 1 heterocycles. The van der Waals surface area contributed by atoms with E-state index in [1.807, 2.05) is 6.92 Å². The predicted octanol–water partition coefficient (Wildman–Crippen LogP) is 2.66. The van der Waals surface area contributed by atoms with Crippen LogP contribution in [0.5, 0.6) is 0 Å². The van der Waals surface area contributed by atoms with E-state index < -0.39 is 0 Å². The molecule has 2 rings (SSSR count). The molecule has 4 heteroatoms. The summed E-state index contributed by atoms with van der Waals surface area (Å²) in [6.45, 7) is 4.30. The van der Waals surface area contributed by atoms with E-state index in [0.29, 0.717) is 18.8 Å². The van der Waals surface area contributed by atoms with Gasteiger partial charge in [-0.3, -0.25) is 4.79 Å². The molecule has 0 bridgehead atoms. The molecule has 1 saturated heterocycles. The summed E-state index contributed by atoms with van der Waals surface area (Å²) < 4.78 is 10.9. The van der Waals surface area contributed by atoms with Gasteiger partial charge in [-0.05, 0) is 58.4 Å². The zero-order chi connectivity index (χ0) is 14.2. The zero-order valence-electron chi connectivity index (χ0n) is 12.7. The van der Waals surface area contributed by atoms with Crippen LogP contribution in [0, 0.1) is 5.92 Å². The monoisotopic (exact) mass is 283 g/mol. The first-order valence-electron chi connectivity index (χ1n) is 8.31. The van der Waals surface area contributed by atoms with Crippen molar-refractivity contribution in [3.63, 3.8) is 0 Å². The molecule has 3 atom stereocenters. The fourth-order valence-electron chi connectivity index (χ4n) is 3.33. The Bertz CT molecular complexity index is 289. The summed E-state index contributed by atoms with van der Waals surface area (Å²) in [6.07, 6.45) is 9.50. The normalized spacial score (nSPS) is 30.9. The fraction of sp³-hybridized carbons (Fsp3) is 0.938. The summed E-state index contributed by atoms with van der Waals surface area (Å²) in [4.78, 5) is 11.8. The van der Waals surface area contributed by atoms with Gasteiger partial charge in [0.05, 0.1) is 18.6 Å². The van der Waals surface area contributed by atoms with Gasteiger partial charge in [0.2, 0.25) is 0 Å². The van der Waals surface area contributed by atoms with Crippen LogP contribution in [0.1, 0.15) is 58.3 Å². The maximum atomic E-state index is 11.8. The minimum absolute atomic E-state index is 0.00499. The molecule has 0 spiro atoms. The summed E-state index contributed by atoms with van der Waals surface area (Å²) in [5, 5.41) is 3.61. The highest BCUT2D eigenvalue weighted by Crippen LogP contribution is 2.25. The molecule has 0 radical (unpaired) electrons. The van der Waals surface area contributed by atoms with E-state index in [9.17, 15) is 4.79 Å². The average Bonchev–Trinajstić information content (AvgIpc) is 2.49. The third-order valence-corrected chi connectivity index (χ3v) is 4.47. The van der Waals surface area contributed by atoms with Gasteiger partial charge in [0, 0.05) is 12.6 Å². The summed E-state index contributed by atoms with van der Waals surface area (Å²) in [7, 11) is 0. The van der Waals surface area contributed by atoms with Crippen LogP contribution in [0.25, 0.3) is 0 Å². The molecular weight excluding hydrogens is 254 g/mol. The summed E-state index contributed by atoms with van der Waals surface area (Å²) in [5.41, 5.74) is 0. The molecular formula is C16H29NO3. The first-order valence-corrected chi connectivity index (χ1v) is 8.31. The average molecular weight is 283 g/mol. The van der Waals surface area contributed by atoms with Crippen molar-refractivity contribution >= 4 is 5.97 Å². The lowest BCUT2D eigenvalue weighted by molar-refractivity contribution is -0.149. The van der Waals surface area contributed by atoms with Crippen LogP contribution in [0.3, 0.4) is 0 Å². The Balaban J connectivity index is 1.63. The van der Waals surface area contributed by atoms with Crippen molar-refractivity contribution in [2.24, 2.45) is 5.92 Å². The lowest BCUT2D eigenvalue weighted by Gasteiger charge is -2.29. The van der Waals surface area contributed by atoms with Crippen molar-refractivity contribution in [2.75, 3.05) is 19.8 Å². The number of hydrogen-bond acceptors (Lipinski definition) is 4. The van der Waals surface area contributed by atoms with Crippen molar-refractivity contribution in [1.29, 1.82) is 0 Å². The van der Waals surface area contributed by atoms with Crippen LogP contribution < -0.4 is 5.32 Å². The molecule has 0 amide bonds. The second-order valence-corrected chi connectivity index (χ2v) is 6.04. The molecule has 4 nitrogen and oxygen atoms in total. The minimum Gasteiger partial charge on any atom is -0.466 e. The summed E-state index contributed by atoms with van der Waals surface area (Å²) in [6, 6.07) is 0.474. The SMILES string of the molecule is CCOC(=O)C1CCCC(NCCC2CCCCO2)C1. The lowest BCUT2D eigenvalue weighted by Crippen LogP contribution is -2.38. The molecule has 0 aromatic rings. The van der Waals surface area contributed by atoms with Gasteiger partial charge in [-0.1, -0.05) is 6.42 Å². The molecule has 0 aromatic heterocycles. The van der Waals surface area contributed by atoms with E-state index in [2.05, 4.69) is 5.32 Å². The molecule has 0 aromatic carbocycles. The first-order chi connectivity index (χ1) is 9.79. The van der Waals surface area contributed by atoms with Gasteiger partial charge >= 0.3 is 5.97 Å². The highest BCUT2D eigenvalue weighted by Gasteiger charge is 2.28. The first kappa shape index (κ1) is 15.8. The molecule has 1 saturated carbocycles. The van der Waals surface area contributed by atoms with Crippen molar-refractivity contribution in [2.45, 2.75) is 70.4 Å². The van der Waals surface area contributed by atoms with Crippen molar-refractivity contribution in [3.05, 3.63) is 0 Å². The molecule has 1 N–H and O–H groups in total. The Kier molecular flexibility index (Phi) is 6.80. The van der Waals surface area contributed by atoms with E-state index in [4.69, 9.17) is 9.47 Å². The van der Waals surface area contributed by atoms with Crippen LogP contribution in [0.4, 0.5) is 0 Å². The smallest absolute Gasteiger partial charge is 0.308 e. The van der Waals surface area contributed by atoms with Gasteiger partial charge in [0.25, 0.3) is 0 Å². The van der Waals surface area contributed by atoms with Crippen LogP contribution in [-0.2, 0) is 14.3 Å². The van der Waals surface area contributed by atoms with Crippen LogP contribution >= 0.6 is 0 Å². The Morgan fingerprint density at radius 2 is 2.15 bits per heavy atom. The summed E-state index contributed by atoms with van der Waals surface area (Å²) in [5.74, 6) is 0.0988. The predicted molar refractivity (Wildman–Crippen MR) is 78.6 cm³/mol. The maximum absolute atomic E-state index is 11.8. The van der Waals surface area contributed by atoms with Gasteiger partial charge in [-0.2, -0.15) is 0 Å². The molecule has 116 valence electrons. The van der Waals surface area contributed by atoms with E-state index in [1.54, 1.807) is 0 Å². The molecule has 20 heavy (non-hydrogen) atoms. The second kappa shape index (κ2) is 8.63. The van der Waals surface area contributed by atoms with Gasteiger partial charge in [-0.25, -0.2) is 0 Å². The molecule has 2 aliphatic rings. The number of ether oxygens (including phenoxy) is 2. The third-order valence-electron chi connectivity index (χ3n) is 4.47. The maximum Gasteiger partial charge on any atom is 0.308 e. The number of carbonyl (C=O) groups is 1. The quantitative estimate of drug-likeness (QED) is 0.761. The number of nitrogens with one attached hydrogen (secondary N) is 1. The second-order valence-electron chi connectivity index (χ2n) is 6.04. The number of carbonyl (C=O) groups excluding carboxylic acids is 1. The van der Waals surface area contributed by atoms with E-state index in [0.717, 1.165) is 38.8 Å². The molecule has 2 fully saturated rings. The van der Waals surface area contributed by atoms with E-state index >= 15 is 0 Å². The van der Waals surface area contributed by atoms with Gasteiger partial charge in [-0.15, -0.1) is 0 Å². The van der Waals surface area contributed by atoms with Crippen LogP contribution in [-0.4, -0.2) is 37.9 Å². The number of rotatable bonds is 6. The molecule has 1 aliphatic heterocycles. The Morgan fingerprint density at radius 1 is 1.25 bits per heavy atom. The van der Waals surface area contributed by atoms with Gasteiger partial charge in [0.1, 0.15) is 0 Å². The fourth-order valence-corrected chi connectivity index (χ4v) is 3.33. The van der Waals surface area contributed by atoms with Crippen molar-refractivity contribution in [3.8, 4) is 0 Å². The third kappa shape index (κ3) is 5.06. The van der Waals surface area contributed by atoms with Crippen molar-refractivity contribution < 1.29 is 14.3 Å². The highest BCUT2D eigenvalue weighted by atomic mass is 16.5. The zero-order valence-corrected chi connectivity index (χ0v) is 12.7. The lowest BCUT2D eigenvalue weighted by atomic mass is 9.85. The molecule has 1 aliphatic carbocycles. The number of esters is 1. The Hall–Kier alpha value is -0.610. The Morgan fingerprint density at radius 3 is 2.90 bits per heavy atom.